The molecule has 0 amide bonds. The lowest BCUT2D eigenvalue weighted by Gasteiger charge is -2.10. The van der Waals surface area contributed by atoms with Crippen molar-refractivity contribution in [1.82, 2.24) is 0 Å². The highest BCUT2D eigenvalue weighted by atomic mass is 127. The Hall–Kier alpha value is -2.86. The van der Waals surface area contributed by atoms with Gasteiger partial charge in [-0.2, -0.15) is 0 Å². The Kier molecular flexibility index (Phi) is 11.5. The van der Waals surface area contributed by atoms with Crippen molar-refractivity contribution in [2.24, 2.45) is 0 Å². The number of phenols is 2. The van der Waals surface area contributed by atoms with Crippen LogP contribution in [0.1, 0.15) is 0 Å². The summed E-state index contributed by atoms with van der Waals surface area (Å²) in [5.74, 6) is 0.721. The first kappa shape index (κ1) is 28.7. The van der Waals surface area contributed by atoms with Gasteiger partial charge in [-0.05, 0) is 73.9 Å². The normalized spacial score (nSPS) is 9.84. The fourth-order valence-electron chi connectivity index (χ4n) is 3.36. The van der Waals surface area contributed by atoms with E-state index in [4.69, 9.17) is 10.0 Å². The Balaban J connectivity index is 0.000000176. The van der Waals surface area contributed by atoms with E-state index >= 15 is 0 Å². The standard InChI is InChI=1S/C18H14O.C6H7BO2.C6H4I2O/c19-18-16(14-8-3-1-4-9-14)12-7-13-17(18)15-10-5-2-6-11-15;8-7(9)6-4-2-1-3-5-6;7-4-2-1-3-5(8)6(4)9/h1-13,19H;1-5,8-9H;1-3,9H. The molecule has 7 heteroatoms. The minimum atomic E-state index is -1.34. The highest BCUT2D eigenvalue weighted by Crippen LogP contribution is 2.37. The molecular weight excluding hydrogens is 689 g/mol. The molecule has 0 aliphatic rings. The molecule has 0 unspecified atom stereocenters. The van der Waals surface area contributed by atoms with Crippen LogP contribution in [0.15, 0.2) is 127 Å². The van der Waals surface area contributed by atoms with E-state index in [0.717, 1.165) is 29.4 Å². The van der Waals surface area contributed by atoms with Gasteiger partial charge in [-0.1, -0.05) is 115 Å². The Bertz CT molecular complexity index is 1310. The largest absolute Gasteiger partial charge is 0.507 e. The molecule has 0 spiro atoms. The second-order valence-electron chi connectivity index (χ2n) is 7.79. The molecule has 0 atom stereocenters. The van der Waals surface area contributed by atoms with Gasteiger partial charge in [0, 0.05) is 11.1 Å². The number of phenolic OH excluding ortho intramolecular Hbond substituents is 2. The maximum Gasteiger partial charge on any atom is 0.488 e. The summed E-state index contributed by atoms with van der Waals surface area (Å²) in [4.78, 5) is 0. The third-order valence-electron chi connectivity index (χ3n) is 5.24. The molecule has 0 aliphatic carbocycles. The Labute approximate surface area is 244 Å². The van der Waals surface area contributed by atoms with Crippen molar-refractivity contribution in [2.45, 2.75) is 0 Å². The van der Waals surface area contributed by atoms with Crippen molar-refractivity contribution in [1.29, 1.82) is 0 Å². The third-order valence-corrected chi connectivity index (χ3v) is 6.98. The zero-order valence-corrected chi connectivity index (χ0v) is 24.1. The number of hydrogen-bond acceptors (Lipinski definition) is 4. The molecule has 0 aliphatic heterocycles. The summed E-state index contributed by atoms with van der Waals surface area (Å²) in [6.07, 6.45) is 0. The van der Waals surface area contributed by atoms with E-state index < -0.39 is 7.12 Å². The van der Waals surface area contributed by atoms with Crippen molar-refractivity contribution in [2.75, 3.05) is 0 Å². The first-order valence-electron chi connectivity index (χ1n) is 11.4. The van der Waals surface area contributed by atoms with Gasteiger partial charge in [0.05, 0.1) is 7.14 Å². The maximum atomic E-state index is 10.5. The lowest BCUT2D eigenvalue weighted by Crippen LogP contribution is -2.29. The van der Waals surface area contributed by atoms with Gasteiger partial charge in [0.2, 0.25) is 0 Å². The molecule has 0 aromatic heterocycles. The summed E-state index contributed by atoms with van der Waals surface area (Å²) < 4.78 is 1.80. The zero-order valence-electron chi connectivity index (χ0n) is 19.7. The molecule has 186 valence electrons. The molecular formula is C30H25BI2O4. The van der Waals surface area contributed by atoms with E-state index in [2.05, 4.69) is 45.2 Å². The van der Waals surface area contributed by atoms with E-state index in [1.165, 1.54) is 0 Å². The molecule has 4 N–H and O–H groups in total. The van der Waals surface area contributed by atoms with Crippen molar-refractivity contribution in [3.05, 3.63) is 135 Å². The third kappa shape index (κ3) is 8.60. The van der Waals surface area contributed by atoms with Gasteiger partial charge in [0.1, 0.15) is 11.5 Å². The topological polar surface area (TPSA) is 80.9 Å². The quantitative estimate of drug-likeness (QED) is 0.124. The Morgan fingerprint density at radius 1 is 0.432 bits per heavy atom. The van der Waals surface area contributed by atoms with Gasteiger partial charge in [0.15, 0.2) is 0 Å². The Morgan fingerprint density at radius 3 is 1.16 bits per heavy atom. The van der Waals surface area contributed by atoms with E-state index in [1.807, 2.05) is 103 Å². The first-order valence-corrected chi connectivity index (χ1v) is 13.5. The fourth-order valence-corrected chi connectivity index (χ4v) is 4.87. The number of para-hydroxylation sites is 2. The van der Waals surface area contributed by atoms with Crippen molar-refractivity contribution in [3.8, 4) is 33.8 Å². The van der Waals surface area contributed by atoms with Gasteiger partial charge in [0.25, 0.3) is 0 Å². The first-order chi connectivity index (χ1) is 17.9. The molecule has 0 fully saturated rings. The average molecular weight is 714 g/mol. The lowest BCUT2D eigenvalue weighted by molar-refractivity contribution is 0.426. The number of benzene rings is 5. The molecule has 5 rings (SSSR count). The summed E-state index contributed by atoms with van der Waals surface area (Å²) in [6.45, 7) is 0. The van der Waals surface area contributed by atoms with Crippen molar-refractivity contribution in [3.63, 3.8) is 0 Å². The van der Waals surface area contributed by atoms with Crippen LogP contribution in [0.2, 0.25) is 0 Å². The van der Waals surface area contributed by atoms with Crippen LogP contribution in [0.5, 0.6) is 11.5 Å². The molecule has 37 heavy (non-hydrogen) atoms. The number of aromatic hydroxyl groups is 2. The Morgan fingerprint density at radius 2 is 0.811 bits per heavy atom. The van der Waals surface area contributed by atoms with Gasteiger partial charge < -0.3 is 20.3 Å². The summed E-state index contributed by atoms with van der Waals surface area (Å²) in [6, 6.07) is 40.1. The number of halogens is 2. The number of hydrogen-bond donors (Lipinski definition) is 4. The molecule has 4 nitrogen and oxygen atoms in total. The average Bonchev–Trinajstić information content (AvgIpc) is 2.94. The number of rotatable bonds is 3. The molecule has 0 saturated carbocycles. The van der Waals surface area contributed by atoms with Crippen LogP contribution in [-0.4, -0.2) is 27.4 Å². The summed E-state index contributed by atoms with van der Waals surface area (Å²) in [7, 11) is -1.34. The van der Waals surface area contributed by atoms with Gasteiger partial charge in [-0.15, -0.1) is 0 Å². The summed E-state index contributed by atoms with van der Waals surface area (Å²) in [5, 5.41) is 36.8. The van der Waals surface area contributed by atoms with Crippen LogP contribution in [-0.2, 0) is 0 Å². The van der Waals surface area contributed by atoms with E-state index in [9.17, 15) is 10.2 Å². The molecule has 0 bridgehead atoms. The minimum Gasteiger partial charge on any atom is -0.507 e. The van der Waals surface area contributed by atoms with E-state index in [-0.39, 0.29) is 0 Å². The SMILES string of the molecule is OB(O)c1ccccc1.Oc1c(-c2ccccc2)cccc1-c1ccccc1.Oc1c(I)cccc1I. The van der Waals surface area contributed by atoms with Crippen LogP contribution >= 0.6 is 45.2 Å². The summed E-state index contributed by atoms with van der Waals surface area (Å²) in [5.41, 5.74) is 4.30. The van der Waals surface area contributed by atoms with E-state index in [1.54, 1.807) is 24.3 Å². The van der Waals surface area contributed by atoms with Gasteiger partial charge >= 0.3 is 7.12 Å². The predicted octanol–water partition coefficient (Wildman–Crippen LogP) is 6.69. The van der Waals surface area contributed by atoms with Crippen LogP contribution in [0.3, 0.4) is 0 Å². The van der Waals surface area contributed by atoms with Gasteiger partial charge in [-0.25, -0.2) is 0 Å². The van der Waals surface area contributed by atoms with Crippen LogP contribution in [0.4, 0.5) is 0 Å². The second kappa shape index (κ2) is 14.8. The molecule has 0 saturated heterocycles. The highest BCUT2D eigenvalue weighted by Gasteiger charge is 2.10. The second-order valence-corrected chi connectivity index (χ2v) is 10.1. The molecule has 0 heterocycles. The molecule has 5 aromatic carbocycles. The minimum absolute atomic E-state index is 0.333. The molecule has 5 aromatic rings. The fraction of sp³-hybridized carbons (Fsp3) is 0. The van der Waals surface area contributed by atoms with Crippen LogP contribution in [0.25, 0.3) is 22.3 Å². The van der Waals surface area contributed by atoms with Crippen molar-refractivity contribution < 1.29 is 20.3 Å². The highest BCUT2D eigenvalue weighted by molar-refractivity contribution is 14.1. The smallest absolute Gasteiger partial charge is 0.488 e. The van der Waals surface area contributed by atoms with Crippen LogP contribution < -0.4 is 5.46 Å². The van der Waals surface area contributed by atoms with Crippen LogP contribution in [0, 0.1) is 7.14 Å². The predicted molar refractivity (Wildman–Crippen MR) is 169 cm³/mol. The van der Waals surface area contributed by atoms with Crippen molar-refractivity contribution >= 4 is 57.8 Å². The maximum absolute atomic E-state index is 10.5. The summed E-state index contributed by atoms with van der Waals surface area (Å²) >= 11 is 4.19. The van der Waals surface area contributed by atoms with E-state index in [0.29, 0.717) is 17.0 Å². The van der Waals surface area contributed by atoms with Gasteiger partial charge in [-0.3, -0.25) is 0 Å². The monoisotopic (exact) mass is 714 g/mol. The molecule has 0 radical (unpaired) electrons. The zero-order chi connectivity index (χ0) is 26.6. The lowest BCUT2D eigenvalue weighted by atomic mass is 9.81.